The molecule has 1 amide bonds. The molecule has 0 aliphatic carbocycles. The number of halogens is 1. The van der Waals surface area contributed by atoms with E-state index < -0.39 is 11.7 Å². The molecule has 110 valence electrons. The van der Waals surface area contributed by atoms with Crippen LogP contribution in [0.1, 0.15) is 11.1 Å². The molecule has 2 rings (SSSR count). The van der Waals surface area contributed by atoms with E-state index in [1.165, 1.54) is 12.1 Å². The van der Waals surface area contributed by atoms with Crippen molar-refractivity contribution in [3.63, 3.8) is 0 Å². The van der Waals surface area contributed by atoms with E-state index in [1.807, 2.05) is 13.8 Å². The van der Waals surface area contributed by atoms with E-state index in [0.717, 1.165) is 11.1 Å². The van der Waals surface area contributed by atoms with Crippen molar-refractivity contribution in [2.75, 3.05) is 17.7 Å². The van der Waals surface area contributed by atoms with Gasteiger partial charge in [-0.3, -0.25) is 4.79 Å². The molecule has 5 heteroatoms. The summed E-state index contributed by atoms with van der Waals surface area (Å²) in [7, 11) is 0. The Morgan fingerprint density at radius 1 is 1.24 bits per heavy atom. The number of amides is 1. The van der Waals surface area contributed by atoms with E-state index in [-0.39, 0.29) is 12.3 Å². The van der Waals surface area contributed by atoms with Crippen LogP contribution in [0.2, 0.25) is 0 Å². The second-order valence-corrected chi connectivity index (χ2v) is 4.80. The van der Waals surface area contributed by atoms with Gasteiger partial charge < -0.3 is 15.8 Å². The van der Waals surface area contributed by atoms with Crippen molar-refractivity contribution in [1.82, 2.24) is 0 Å². The molecule has 4 nitrogen and oxygen atoms in total. The summed E-state index contributed by atoms with van der Waals surface area (Å²) in [5, 5.41) is 2.47. The summed E-state index contributed by atoms with van der Waals surface area (Å²) in [6.45, 7) is 3.51. The molecule has 0 aromatic heterocycles. The van der Waals surface area contributed by atoms with E-state index in [0.29, 0.717) is 11.4 Å². The summed E-state index contributed by atoms with van der Waals surface area (Å²) >= 11 is 0. The van der Waals surface area contributed by atoms with Gasteiger partial charge in [0.15, 0.2) is 6.61 Å². The van der Waals surface area contributed by atoms with Crippen molar-refractivity contribution in [2.24, 2.45) is 0 Å². The molecule has 0 radical (unpaired) electrons. The molecule has 0 unspecified atom stereocenters. The van der Waals surface area contributed by atoms with Crippen molar-refractivity contribution in [1.29, 1.82) is 0 Å². The molecular formula is C16H17FN2O2. The first-order chi connectivity index (χ1) is 9.97. The summed E-state index contributed by atoms with van der Waals surface area (Å²) in [4.78, 5) is 11.8. The minimum Gasteiger partial charge on any atom is -0.483 e. The Hall–Kier alpha value is -2.56. The highest BCUT2D eigenvalue weighted by Crippen LogP contribution is 2.25. The molecule has 0 aliphatic heterocycles. The summed E-state index contributed by atoms with van der Waals surface area (Å²) in [5.74, 6) is -0.283. The van der Waals surface area contributed by atoms with Gasteiger partial charge in [-0.1, -0.05) is 12.1 Å². The average molecular weight is 288 g/mol. The highest BCUT2D eigenvalue weighted by molar-refractivity contribution is 5.92. The average Bonchev–Trinajstić information content (AvgIpc) is 2.40. The number of nitrogen functional groups attached to an aromatic ring is 1. The van der Waals surface area contributed by atoms with Crippen LogP contribution in [0.4, 0.5) is 15.8 Å². The van der Waals surface area contributed by atoms with Crippen LogP contribution < -0.4 is 15.8 Å². The monoisotopic (exact) mass is 288 g/mol. The van der Waals surface area contributed by atoms with Crippen LogP contribution in [0, 0.1) is 19.7 Å². The molecule has 21 heavy (non-hydrogen) atoms. The summed E-state index contributed by atoms with van der Waals surface area (Å²) in [5.41, 5.74) is 8.21. The number of hydrogen-bond donors (Lipinski definition) is 2. The van der Waals surface area contributed by atoms with Gasteiger partial charge >= 0.3 is 0 Å². The zero-order valence-corrected chi connectivity index (χ0v) is 11.9. The number of hydrogen-bond acceptors (Lipinski definition) is 3. The van der Waals surface area contributed by atoms with Crippen LogP contribution in [-0.2, 0) is 4.79 Å². The van der Waals surface area contributed by atoms with Gasteiger partial charge in [-0.2, -0.15) is 0 Å². The van der Waals surface area contributed by atoms with Gasteiger partial charge in [0, 0.05) is 5.69 Å². The number of nitrogens with two attached hydrogens (primary N) is 1. The minimum absolute atomic E-state index is 0.136. The van der Waals surface area contributed by atoms with E-state index in [4.69, 9.17) is 10.5 Å². The maximum Gasteiger partial charge on any atom is 0.262 e. The Bertz CT molecular complexity index is 648. The topological polar surface area (TPSA) is 64.3 Å². The number of aryl methyl sites for hydroxylation is 2. The number of rotatable bonds is 4. The van der Waals surface area contributed by atoms with Crippen molar-refractivity contribution in [3.8, 4) is 5.75 Å². The van der Waals surface area contributed by atoms with Crippen molar-refractivity contribution in [2.45, 2.75) is 13.8 Å². The van der Waals surface area contributed by atoms with Gasteiger partial charge in [-0.15, -0.1) is 0 Å². The Labute approximate surface area is 122 Å². The number of benzene rings is 2. The molecule has 0 spiro atoms. The molecule has 0 saturated carbocycles. The molecule has 2 aromatic rings. The summed E-state index contributed by atoms with van der Waals surface area (Å²) in [6, 6.07) is 9.53. The largest absolute Gasteiger partial charge is 0.483 e. The Morgan fingerprint density at radius 2 is 1.86 bits per heavy atom. The lowest BCUT2D eigenvalue weighted by Gasteiger charge is -2.13. The lowest BCUT2D eigenvalue weighted by molar-refractivity contribution is -0.118. The molecule has 0 saturated heterocycles. The van der Waals surface area contributed by atoms with Crippen molar-refractivity contribution < 1.29 is 13.9 Å². The van der Waals surface area contributed by atoms with Crippen LogP contribution in [0.15, 0.2) is 36.4 Å². The molecule has 0 aliphatic rings. The van der Waals surface area contributed by atoms with Gasteiger partial charge in [-0.25, -0.2) is 4.39 Å². The molecule has 2 aromatic carbocycles. The lowest BCUT2D eigenvalue weighted by Crippen LogP contribution is -2.21. The summed E-state index contributed by atoms with van der Waals surface area (Å²) < 4.78 is 18.9. The van der Waals surface area contributed by atoms with Crippen molar-refractivity contribution >= 4 is 17.3 Å². The van der Waals surface area contributed by atoms with Crippen LogP contribution in [0.25, 0.3) is 0 Å². The fourth-order valence-corrected chi connectivity index (χ4v) is 2.10. The SMILES string of the molecule is Cc1cc(N)cc(C)c1OCC(=O)Nc1ccccc1F. The van der Waals surface area contributed by atoms with E-state index in [1.54, 1.807) is 24.3 Å². The minimum atomic E-state index is -0.481. The van der Waals surface area contributed by atoms with Gasteiger partial charge in [0.05, 0.1) is 5.69 Å². The highest BCUT2D eigenvalue weighted by Gasteiger charge is 2.10. The third kappa shape index (κ3) is 3.72. The van der Waals surface area contributed by atoms with Crippen LogP contribution in [-0.4, -0.2) is 12.5 Å². The molecule has 0 atom stereocenters. The zero-order valence-electron chi connectivity index (χ0n) is 11.9. The molecule has 0 bridgehead atoms. The highest BCUT2D eigenvalue weighted by atomic mass is 19.1. The fraction of sp³-hybridized carbons (Fsp3) is 0.188. The van der Waals surface area contributed by atoms with E-state index in [9.17, 15) is 9.18 Å². The Kier molecular flexibility index (Phi) is 4.42. The van der Waals surface area contributed by atoms with Gasteiger partial charge in [0.1, 0.15) is 11.6 Å². The zero-order chi connectivity index (χ0) is 15.4. The van der Waals surface area contributed by atoms with E-state index >= 15 is 0 Å². The first-order valence-corrected chi connectivity index (χ1v) is 6.51. The standard InChI is InChI=1S/C16H17FN2O2/c1-10-7-12(18)8-11(2)16(10)21-9-15(20)19-14-6-4-3-5-13(14)17/h3-8H,9,18H2,1-2H3,(H,19,20). The smallest absolute Gasteiger partial charge is 0.262 e. The first kappa shape index (κ1) is 14.8. The summed E-state index contributed by atoms with van der Waals surface area (Å²) in [6.07, 6.45) is 0. The fourth-order valence-electron chi connectivity index (χ4n) is 2.10. The predicted molar refractivity (Wildman–Crippen MR) is 80.9 cm³/mol. The second-order valence-electron chi connectivity index (χ2n) is 4.80. The third-order valence-electron chi connectivity index (χ3n) is 2.98. The molecule has 0 heterocycles. The van der Waals surface area contributed by atoms with E-state index in [2.05, 4.69) is 5.32 Å². The number of carbonyl (C=O) groups is 1. The number of ether oxygens (including phenoxy) is 1. The van der Waals surface area contributed by atoms with Gasteiger partial charge in [-0.05, 0) is 49.2 Å². The van der Waals surface area contributed by atoms with Gasteiger partial charge in [0.25, 0.3) is 5.91 Å². The third-order valence-corrected chi connectivity index (χ3v) is 2.98. The maximum absolute atomic E-state index is 13.4. The normalized spacial score (nSPS) is 10.2. The predicted octanol–water partition coefficient (Wildman–Crippen LogP) is 3.04. The van der Waals surface area contributed by atoms with Gasteiger partial charge in [0.2, 0.25) is 0 Å². The molecule has 3 N–H and O–H groups in total. The number of para-hydroxylation sites is 1. The first-order valence-electron chi connectivity index (χ1n) is 6.51. The lowest BCUT2D eigenvalue weighted by atomic mass is 10.1. The van der Waals surface area contributed by atoms with Crippen molar-refractivity contribution in [3.05, 3.63) is 53.3 Å². The number of carbonyl (C=O) groups excluding carboxylic acids is 1. The number of nitrogens with one attached hydrogen (secondary N) is 1. The van der Waals surface area contributed by atoms with Crippen LogP contribution in [0.5, 0.6) is 5.75 Å². The Balaban J connectivity index is 2.01. The molecule has 0 fully saturated rings. The van der Waals surface area contributed by atoms with Crippen LogP contribution in [0.3, 0.4) is 0 Å². The number of anilines is 2. The quantitative estimate of drug-likeness (QED) is 0.850. The maximum atomic E-state index is 13.4. The Morgan fingerprint density at radius 3 is 2.48 bits per heavy atom. The molecular weight excluding hydrogens is 271 g/mol. The second kappa shape index (κ2) is 6.26. The van der Waals surface area contributed by atoms with Crippen LogP contribution >= 0.6 is 0 Å².